The molecule has 0 bridgehead atoms. The fourth-order valence-electron chi connectivity index (χ4n) is 2.96. The molecule has 1 aromatic rings. The molecule has 6 nitrogen and oxygen atoms in total. The van der Waals surface area contributed by atoms with Crippen molar-refractivity contribution in [1.82, 2.24) is 0 Å². The third-order valence-corrected chi connectivity index (χ3v) is 5.75. The van der Waals surface area contributed by atoms with Gasteiger partial charge in [0.25, 0.3) is 5.69 Å². The van der Waals surface area contributed by atoms with Gasteiger partial charge < -0.3 is 5.32 Å². The Hall–Kier alpha value is -1.63. The molecular formula is C14H20N2O4S. The first-order chi connectivity index (χ1) is 9.70. The summed E-state index contributed by atoms with van der Waals surface area (Å²) >= 11 is 0. The molecular weight excluding hydrogens is 292 g/mol. The van der Waals surface area contributed by atoms with E-state index in [0.29, 0.717) is 12.0 Å². The molecule has 0 aromatic heterocycles. The highest BCUT2D eigenvalue weighted by Crippen LogP contribution is 2.31. The fraction of sp³-hybridized carbons (Fsp3) is 0.571. The SMILES string of the molecule is Cc1cc([N+](=O)[O-])c(C)cc1NC1CCCC1S(C)(=O)=O. The number of benzene rings is 1. The monoisotopic (exact) mass is 312 g/mol. The lowest BCUT2D eigenvalue weighted by atomic mass is 10.1. The number of rotatable bonds is 4. The van der Waals surface area contributed by atoms with Gasteiger partial charge in [-0.05, 0) is 44.7 Å². The van der Waals surface area contributed by atoms with Gasteiger partial charge in [0.05, 0.1) is 10.2 Å². The van der Waals surface area contributed by atoms with Crippen molar-refractivity contribution in [2.45, 2.75) is 44.4 Å². The second kappa shape index (κ2) is 5.63. The summed E-state index contributed by atoms with van der Waals surface area (Å²) in [6.45, 7) is 3.48. The van der Waals surface area contributed by atoms with Crippen LogP contribution < -0.4 is 5.32 Å². The van der Waals surface area contributed by atoms with Gasteiger partial charge >= 0.3 is 0 Å². The molecule has 21 heavy (non-hydrogen) atoms. The largest absolute Gasteiger partial charge is 0.381 e. The maximum absolute atomic E-state index is 11.8. The highest BCUT2D eigenvalue weighted by Gasteiger charge is 2.35. The van der Waals surface area contributed by atoms with E-state index < -0.39 is 14.8 Å². The lowest BCUT2D eigenvalue weighted by molar-refractivity contribution is -0.385. The number of nitrogens with zero attached hydrogens (tertiary/aromatic N) is 1. The average molecular weight is 312 g/mol. The molecule has 0 amide bonds. The van der Waals surface area contributed by atoms with Gasteiger partial charge in [-0.15, -0.1) is 0 Å². The van der Waals surface area contributed by atoms with Crippen molar-refractivity contribution in [3.8, 4) is 0 Å². The predicted octanol–water partition coefficient (Wildman–Crippen LogP) is 2.59. The van der Waals surface area contributed by atoms with Gasteiger partial charge in [-0.25, -0.2) is 8.42 Å². The summed E-state index contributed by atoms with van der Waals surface area (Å²) in [5, 5.41) is 13.8. The molecule has 1 saturated carbocycles. The van der Waals surface area contributed by atoms with Crippen molar-refractivity contribution >= 4 is 21.2 Å². The molecule has 2 rings (SSSR count). The Balaban J connectivity index is 2.28. The number of nitrogens with one attached hydrogen (secondary N) is 1. The molecule has 1 aliphatic rings. The van der Waals surface area contributed by atoms with Gasteiger partial charge in [0.2, 0.25) is 0 Å². The molecule has 2 unspecified atom stereocenters. The number of nitro groups is 1. The first-order valence-corrected chi connectivity index (χ1v) is 8.86. The average Bonchev–Trinajstić information content (AvgIpc) is 2.81. The number of hydrogen-bond acceptors (Lipinski definition) is 5. The minimum atomic E-state index is -3.09. The smallest absolute Gasteiger partial charge is 0.272 e. The molecule has 1 aliphatic carbocycles. The normalized spacial score (nSPS) is 22.2. The fourth-order valence-corrected chi connectivity index (χ4v) is 4.35. The standard InChI is InChI=1S/C14H20N2O4S/c1-9-8-13(16(17)18)10(2)7-12(9)15-11-5-4-6-14(11)21(3,19)20/h7-8,11,14-15H,4-6H2,1-3H3. The zero-order valence-electron chi connectivity index (χ0n) is 12.4. The summed E-state index contributed by atoms with van der Waals surface area (Å²) in [6.07, 6.45) is 3.61. The highest BCUT2D eigenvalue weighted by molar-refractivity contribution is 7.91. The van der Waals surface area contributed by atoms with E-state index in [4.69, 9.17) is 0 Å². The van der Waals surface area contributed by atoms with E-state index in [0.717, 1.165) is 24.1 Å². The maximum Gasteiger partial charge on any atom is 0.272 e. The van der Waals surface area contributed by atoms with E-state index in [1.54, 1.807) is 19.9 Å². The Morgan fingerprint density at radius 3 is 2.48 bits per heavy atom. The maximum atomic E-state index is 11.8. The molecule has 0 aliphatic heterocycles. The van der Waals surface area contributed by atoms with Crippen LogP contribution in [0.3, 0.4) is 0 Å². The summed E-state index contributed by atoms with van der Waals surface area (Å²) < 4.78 is 23.6. The van der Waals surface area contributed by atoms with Crippen LogP contribution in [-0.2, 0) is 9.84 Å². The molecule has 1 N–H and O–H groups in total. The first kappa shape index (κ1) is 15.8. The summed E-state index contributed by atoms with van der Waals surface area (Å²) in [7, 11) is -3.09. The Labute approximate surface area is 124 Å². The van der Waals surface area contributed by atoms with Crippen LogP contribution in [0.2, 0.25) is 0 Å². The Kier molecular flexibility index (Phi) is 4.22. The van der Waals surface area contributed by atoms with Crippen LogP contribution in [0, 0.1) is 24.0 Å². The first-order valence-electron chi connectivity index (χ1n) is 6.91. The van der Waals surface area contributed by atoms with Gasteiger partial charge in [-0.3, -0.25) is 10.1 Å². The molecule has 2 atom stereocenters. The summed E-state index contributed by atoms with van der Waals surface area (Å²) in [4.78, 5) is 10.5. The van der Waals surface area contributed by atoms with Crippen molar-refractivity contribution < 1.29 is 13.3 Å². The lowest BCUT2D eigenvalue weighted by Gasteiger charge is -2.22. The number of nitro benzene ring substituents is 1. The van der Waals surface area contributed by atoms with E-state index in [2.05, 4.69) is 5.32 Å². The number of sulfone groups is 1. The van der Waals surface area contributed by atoms with Crippen LogP contribution in [0.15, 0.2) is 12.1 Å². The molecule has 0 spiro atoms. The second-order valence-electron chi connectivity index (χ2n) is 5.76. The Bertz CT molecular complexity index is 670. The van der Waals surface area contributed by atoms with Crippen LogP contribution in [0.5, 0.6) is 0 Å². The minimum Gasteiger partial charge on any atom is -0.381 e. The highest BCUT2D eigenvalue weighted by atomic mass is 32.2. The van der Waals surface area contributed by atoms with Crippen LogP contribution >= 0.6 is 0 Å². The quantitative estimate of drug-likeness (QED) is 0.682. The van der Waals surface area contributed by atoms with Gasteiger partial charge in [-0.2, -0.15) is 0 Å². The van der Waals surface area contributed by atoms with Crippen LogP contribution in [0.1, 0.15) is 30.4 Å². The zero-order chi connectivity index (χ0) is 15.8. The van der Waals surface area contributed by atoms with Gasteiger partial charge in [0.15, 0.2) is 9.84 Å². The predicted molar refractivity (Wildman–Crippen MR) is 82.5 cm³/mol. The van der Waals surface area contributed by atoms with E-state index in [1.165, 1.54) is 12.3 Å². The molecule has 0 heterocycles. The second-order valence-corrected chi connectivity index (χ2v) is 8.02. The van der Waals surface area contributed by atoms with Crippen molar-refractivity contribution in [3.63, 3.8) is 0 Å². The number of hydrogen-bond donors (Lipinski definition) is 1. The van der Waals surface area contributed by atoms with E-state index >= 15 is 0 Å². The molecule has 0 saturated heterocycles. The van der Waals surface area contributed by atoms with Crippen molar-refractivity contribution in [2.24, 2.45) is 0 Å². The summed E-state index contributed by atoms with van der Waals surface area (Å²) in [6, 6.07) is 3.13. The third kappa shape index (κ3) is 3.34. The van der Waals surface area contributed by atoms with Crippen molar-refractivity contribution in [2.75, 3.05) is 11.6 Å². The van der Waals surface area contributed by atoms with Crippen molar-refractivity contribution in [1.29, 1.82) is 0 Å². The zero-order valence-corrected chi connectivity index (χ0v) is 13.2. The molecule has 1 aromatic carbocycles. The third-order valence-electron chi connectivity index (χ3n) is 4.08. The molecule has 116 valence electrons. The number of aryl methyl sites for hydroxylation is 2. The molecule has 0 radical (unpaired) electrons. The van der Waals surface area contributed by atoms with Crippen molar-refractivity contribution in [3.05, 3.63) is 33.4 Å². The van der Waals surface area contributed by atoms with Crippen LogP contribution in [0.4, 0.5) is 11.4 Å². The summed E-state index contributed by atoms with van der Waals surface area (Å²) in [5.74, 6) is 0. The number of anilines is 1. The van der Waals surface area contributed by atoms with Crippen LogP contribution in [0.25, 0.3) is 0 Å². The lowest BCUT2D eigenvalue weighted by Crippen LogP contribution is -2.34. The minimum absolute atomic E-state index is 0.0872. The van der Waals surface area contributed by atoms with E-state index in [1.807, 2.05) is 0 Å². The van der Waals surface area contributed by atoms with Gasteiger partial charge in [-0.1, -0.05) is 0 Å². The van der Waals surface area contributed by atoms with Gasteiger partial charge in [0, 0.05) is 29.6 Å². The topological polar surface area (TPSA) is 89.3 Å². The van der Waals surface area contributed by atoms with E-state index in [9.17, 15) is 18.5 Å². The Morgan fingerprint density at radius 2 is 1.90 bits per heavy atom. The molecule has 7 heteroatoms. The Morgan fingerprint density at radius 1 is 1.24 bits per heavy atom. The van der Waals surface area contributed by atoms with E-state index in [-0.39, 0.29) is 17.0 Å². The summed E-state index contributed by atoms with van der Waals surface area (Å²) in [5.41, 5.74) is 2.19. The van der Waals surface area contributed by atoms with Crippen LogP contribution in [-0.4, -0.2) is 30.9 Å². The van der Waals surface area contributed by atoms with Gasteiger partial charge in [0.1, 0.15) is 0 Å². The molecule has 1 fully saturated rings.